The van der Waals surface area contributed by atoms with Gasteiger partial charge in [-0.15, -0.1) is 0 Å². The van der Waals surface area contributed by atoms with Gasteiger partial charge in [-0.1, -0.05) is 32.3 Å². The lowest BCUT2D eigenvalue weighted by molar-refractivity contribution is 0.303. The van der Waals surface area contributed by atoms with Crippen LogP contribution >= 0.6 is 15.9 Å². The SMILES string of the molecule is CCCCCCOc1ccc(C)cc1Br. The Bertz CT molecular complexity index is 297. The minimum atomic E-state index is 0.821. The first kappa shape index (κ1) is 12.6. The molecule has 0 saturated heterocycles. The van der Waals surface area contributed by atoms with Gasteiger partial charge in [0.2, 0.25) is 0 Å². The number of benzene rings is 1. The van der Waals surface area contributed by atoms with E-state index in [0.717, 1.165) is 23.2 Å². The van der Waals surface area contributed by atoms with E-state index in [1.54, 1.807) is 0 Å². The lowest BCUT2D eigenvalue weighted by atomic mass is 10.2. The number of hydrogen-bond acceptors (Lipinski definition) is 1. The van der Waals surface area contributed by atoms with Crippen molar-refractivity contribution in [3.05, 3.63) is 28.2 Å². The van der Waals surface area contributed by atoms with Gasteiger partial charge in [-0.25, -0.2) is 0 Å². The first-order chi connectivity index (χ1) is 7.24. The fourth-order valence-electron chi connectivity index (χ4n) is 1.43. The highest BCUT2D eigenvalue weighted by molar-refractivity contribution is 9.10. The van der Waals surface area contributed by atoms with E-state index in [-0.39, 0.29) is 0 Å². The number of halogens is 1. The molecular weight excluding hydrogens is 252 g/mol. The van der Waals surface area contributed by atoms with Crippen molar-refractivity contribution in [1.82, 2.24) is 0 Å². The molecule has 1 rings (SSSR count). The highest BCUT2D eigenvalue weighted by Crippen LogP contribution is 2.25. The van der Waals surface area contributed by atoms with Gasteiger partial charge in [0.1, 0.15) is 5.75 Å². The summed E-state index contributed by atoms with van der Waals surface area (Å²) in [4.78, 5) is 0. The van der Waals surface area contributed by atoms with Crippen LogP contribution < -0.4 is 4.74 Å². The lowest BCUT2D eigenvalue weighted by Gasteiger charge is -2.08. The van der Waals surface area contributed by atoms with Crippen LogP contribution in [0.1, 0.15) is 38.2 Å². The summed E-state index contributed by atoms with van der Waals surface area (Å²) in [6, 6.07) is 6.19. The van der Waals surface area contributed by atoms with Gasteiger partial charge in [0.05, 0.1) is 11.1 Å². The molecule has 0 aliphatic heterocycles. The molecule has 0 heterocycles. The molecule has 1 nitrogen and oxygen atoms in total. The highest BCUT2D eigenvalue weighted by atomic mass is 79.9. The molecule has 1 aromatic rings. The van der Waals surface area contributed by atoms with Gasteiger partial charge in [-0.05, 0) is 47.0 Å². The minimum Gasteiger partial charge on any atom is -0.492 e. The van der Waals surface area contributed by atoms with E-state index in [2.05, 4.69) is 41.9 Å². The zero-order valence-corrected chi connectivity index (χ0v) is 11.1. The second kappa shape index (κ2) is 6.89. The molecule has 1 aromatic carbocycles. The smallest absolute Gasteiger partial charge is 0.133 e. The standard InChI is InChI=1S/C13H19BrO/c1-3-4-5-6-9-15-13-8-7-11(2)10-12(13)14/h7-8,10H,3-6,9H2,1-2H3. The van der Waals surface area contributed by atoms with Crippen LogP contribution in [0.25, 0.3) is 0 Å². The maximum Gasteiger partial charge on any atom is 0.133 e. The molecule has 0 fully saturated rings. The van der Waals surface area contributed by atoms with Crippen LogP contribution in [-0.2, 0) is 0 Å². The van der Waals surface area contributed by atoms with E-state index in [9.17, 15) is 0 Å². The summed E-state index contributed by atoms with van der Waals surface area (Å²) in [7, 11) is 0. The molecule has 15 heavy (non-hydrogen) atoms. The van der Waals surface area contributed by atoms with Crippen LogP contribution in [0.3, 0.4) is 0 Å². The average Bonchev–Trinajstić information content (AvgIpc) is 2.20. The average molecular weight is 271 g/mol. The van der Waals surface area contributed by atoms with Crippen LogP contribution in [-0.4, -0.2) is 6.61 Å². The summed E-state index contributed by atoms with van der Waals surface area (Å²) in [6.45, 7) is 5.12. The van der Waals surface area contributed by atoms with Crippen LogP contribution in [0.4, 0.5) is 0 Å². The van der Waals surface area contributed by atoms with Crippen LogP contribution in [0.5, 0.6) is 5.75 Å². The first-order valence-corrected chi connectivity index (χ1v) is 6.42. The summed E-state index contributed by atoms with van der Waals surface area (Å²) in [5.74, 6) is 0.956. The number of unbranched alkanes of at least 4 members (excludes halogenated alkanes) is 3. The predicted octanol–water partition coefficient (Wildman–Crippen LogP) is 4.72. The van der Waals surface area contributed by atoms with E-state index in [1.165, 1.54) is 24.8 Å². The Morgan fingerprint density at radius 1 is 1.20 bits per heavy atom. The summed E-state index contributed by atoms with van der Waals surface area (Å²) >= 11 is 3.50. The zero-order chi connectivity index (χ0) is 11.1. The normalized spacial score (nSPS) is 10.3. The van der Waals surface area contributed by atoms with Gasteiger partial charge < -0.3 is 4.74 Å². The Balaban J connectivity index is 2.31. The first-order valence-electron chi connectivity index (χ1n) is 5.63. The molecular formula is C13H19BrO. The topological polar surface area (TPSA) is 9.23 Å². The van der Waals surface area contributed by atoms with Gasteiger partial charge in [0.15, 0.2) is 0 Å². The molecule has 0 amide bonds. The Morgan fingerprint density at radius 2 is 2.00 bits per heavy atom. The number of hydrogen-bond donors (Lipinski definition) is 0. The summed E-state index contributed by atoms with van der Waals surface area (Å²) < 4.78 is 6.75. The maximum atomic E-state index is 5.69. The minimum absolute atomic E-state index is 0.821. The van der Waals surface area contributed by atoms with Crippen molar-refractivity contribution in [3.8, 4) is 5.75 Å². The second-order valence-electron chi connectivity index (χ2n) is 3.84. The van der Waals surface area contributed by atoms with Crippen molar-refractivity contribution in [2.75, 3.05) is 6.61 Å². The largest absolute Gasteiger partial charge is 0.492 e. The molecule has 0 aliphatic carbocycles. The lowest BCUT2D eigenvalue weighted by Crippen LogP contribution is -1.97. The van der Waals surface area contributed by atoms with Crippen molar-refractivity contribution in [1.29, 1.82) is 0 Å². The monoisotopic (exact) mass is 270 g/mol. The third kappa shape index (κ3) is 4.70. The Hall–Kier alpha value is -0.500. The van der Waals surface area contributed by atoms with Crippen LogP contribution in [0.15, 0.2) is 22.7 Å². The molecule has 0 bridgehead atoms. The number of rotatable bonds is 6. The molecule has 0 spiro atoms. The quantitative estimate of drug-likeness (QED) is 0.680. The van der Waals surface area contributed by atoms with Gasteiger partial charge in [0, 0.05) is 0 Å². The molecule has 0 unspecified atom stereocenters. The van der Waals surface area contributed by atoms with Gasteiger partial charge >= 0.3 is 0 Å². The van der Waals surface area contributed by atoms with E-state index in [0.29, 0.717) is 0 Å². The van der Waals surface area contributed by atoms with Gasteiger partial charge in [-0.3, -0.25) is 0 Å². The molecule has 0 radical (unpaired) electrons. The molecule has 84 valence electrons. The highest BCUT2D eigenvalue weighted by Gasteiger charge is 2.00. The summed E-state index contributed by atoms with van der Waals surface area (Å²) in [5.41, 5.74) is 1.25. The Kier molecular flexibility index (Phi) is 5.77. The Labute approximate surface area is 101 Å². The van der Waals surface area contributed by atoms with E-state index < -0.39 is 0 Å². The third-order valence-corrected chi connectivity index (χ3v) is 2.96. The van der Waals surface area contributed by atoms with Crippen molar-refractivity contribution in [2.45, 2.75) is 39.5 Å². The number of aryl methyl sites for hydroxylation is 1. The van der Waals surface area contributed by atoms with Gasteiger partial charge in [-0.2, -0.15) is 0 Å². The third-order valence-electron chi connectivity index (χ3n) is 2.34. The molecule has 0 saturated carbocycles. The predicted molar refractivity (Wildman–Crippen MR) is 68.5 cm³/mol. The maximum absolute atomic E-state index is 5.69. The zero-order valence-electron chi connectivity index (χ0n) is 9.55. The Morgan fingerprint density at radius 3 is 2.67 bits per heavy atom. The van der Waals surface area contributed by atoms with E-state index in [4.69, 9.17) is 4.74 Å². The van der Waals surface area contributed by atoms with E-state index in [1.807, 2.05) is 6.07 Å². The molecule has 0 N–H and O–H groups in total. The molecule has 0 aromatic heterocycles. The molecule has 0 atom stereocenters. The molecule has 2 heteroatoms. The van der Waals surface area contributed by atoms with Crippen LogP contribution in [0.2, 0.25) is 0 Å². The van der Waals surface area contributed by atoms with E-state index >= 15 is 0 Å². The molecule has 0 aliphatic rings. The number of ether oxygens (including phenoxy) is 1. The second-order valence-corrected chi connectivity index (χ2v) is 4.70. The van der Waals surface area contributed by atoms with Gasteiger partial charge in [0.25, 0.3) is 0 Å². The van der Waals surface area contributed by atoms with Crippen molar-refractivity contribution < 1.29 is 4.74 Å². The van der Waals surface area contributed by atoms with Crippen LogP contribution in [0, 0.1) is 6.92 Å². The van der Waals surface area contributed by atoms with Crippen molar-refractivity contribution >= 4 is 15.9 Å². The van der Waals surface area contributed by atoms with Crippen molar-refractivity contribution in [2.24, 2.45) is 0 Å². The van der Waals surface area contributed by atoms with Crippen molar-refractivity contribution in [3.63, 3.8) is 0 Å². The fraction of sp³-hybridized carbons (Fsp3) is 0.538. The summed E-state index contributed by atoms with van der Waals surface area (Å²) in [6.07, 6.45) is 4.99. The summed E-state index contributed by atoms with van der Waals surface area (Å²) in [5, 5.41) is 0. The fourth-order valence-corrected chi connectivity index (χ4v) is 2.04.